The van der Waals surface area contributed by atoms with Gasteiger partial charge in [0.2, 0.25) is 0 Å². The topological polar surface area (TPSA) is 47.7 Å². The Morgan fingerprint density at radius 2 is 1.79 bits per heavy atom. The molecule has 0 atom stereocenters. The van der Waals surface area contributed by atoms with Crippen LogP contribution < -0.4 is 4.90 Å². The second-order valence-electron chi connectivity index (χ2n) is 5.06. The summed E-state index contributed by atoms with van der Waals surface area (Å²) in [7, 11) is 0. The fraction of sp³-hybridized carbons (Fsp3) is 0.500. The van der Waals surface area contributed by atoms with Crippen molar-refractivity contribution in [2.75, 3.05) is 31.2 Å². The Morgan fingerprint density at radius 3 is 2.53 bits per heavy atom. The lowest BCUT2D eigenvalue weighted by molar-refractivity contribution is -0.169. The number of para-hydroxylation sites is 2. The quantitative estimate of drug-likeness (QED) is 0.786. The number of hydrogen-bond donors (Lipinski definition) is 0. The van der Waals surface area contributed by atoms with Gasteiger partial charge in [-0.1, -0.05) is 12.1 Å². The summed E-state index contributed by atoms with van der Waals surface area (Å²) in [5.74, 6) is -0.345. The second-order valence-corrected chi connectivity index (χ2v) is 5.06. The van der Waals surface area contributed by atoms with Crippen molar-refractivity contribution in [3.63, 3.8) is 0 Å². The largest absolute Gasteiger partial charge is 0.423 e. The van der Waals surface area contributed by atoms with Crippen LogP contribution >= 0.6 is 0 Å². The number of piperidine rings is 1. The third-order valence-corrected chi connectivity index (χ3v) is 3.89. The van der Waals surface area contributed by atoms with E-state index in [1.807, 2.05) is 24.3 Å². The van der Waals surface area contributed by atoms with Crippen LogP contribution in [0.4, 0.5) is 6.01 Å². The van der Waals surface area contributed by atoms with E-state index in [4.69, 9.17) is 13.9 Å². The smallest absolute Gasteiger partial charge is 0.298 e. The van der Waals surface area contributed by atoms with Crippen molar-refractivity contribution in [1.29, 1.82) is 0 Å². The van der Waals surface area contributed by atoms with Crippen molar-refractivity contribution >= 4 is 17.1 Å². The normalized spacial score (nSPS) is 22.4. The standard InChI is InChI=1S/C14H16N2O3/c1-2-4-12-11(3-1)15-13(19-12)16-7-5-14(6-8-16)17-9-10-18-14/h1-4H,5-10H2. The Labute approximate surface area is 111 Å². The monoisotopic (exact) mass is 260 g/mol. The van der Waals surface area contributed by atoms with Gasteiger partial charge in [-0.2, -0.15) is 4.98 Å². The van der Waals surface area contributed by atoms with E-state index in [0.29, 0.717) is 19.2 Å². The van der Waals surface area contributed by atoms with Gasteiger partial charge in [-0.15, -0.1) is 0 Å². The molecule has 100 valence electrons. The van der Waals surface area contributed by atoms with Crippen LogP contribution in [0.2, 0.25) is 0 Å². The maximum absolute atomic E-state index is 5.79. The van der Waals surface area contributed by atoms with Gasteiger partial charge in [0.05, 0.1) is 13.2 Å². The highest BCUT2D eigenvalue weighted by Gasteiger charge is 2.40. The summed E-state index contributed by atoms with van der Waals surface area (Å²) in [4.78, 5) is 6.69. The molecule has 0 saturated carbocycles. The van der Waals surface area contributed by atoms with Gasteiger partial charge in [-0.3, -0.25) is 0 Å². The summed E-state index contributed by atoms with van der Waals surface area (Å²) < 4.78 is 17.2. The average molecular weight is 260 g/mol. The van der Waals surface area contributed by atoms with Gasteiger partial charge >= 0.3 is 0 Å². The number of fused-ring (bicyclic) bond motifs is 1. The van der Waals surface area contributed by atoms with Crippen LogP contribution in [0.15, 0.2) is 28.7 Å². The summed E-state index contributed by atoms with van der Waals surface area (Å²) in [6, 6.07) is 8.55. The summed E-state index contributed by atoms with van der Waals surface area (Å²) in [6.45, 7) is 3.13. The van der Waals surface area contributed by atoms with Crippen molar-refractivity contribution in [1.82, 2.24) is 4.98 Å². The zero-order valence-electron chi connectivity index (χ0n) is 10.7. The molecule has 3 heterocycles. The zero-order chi connectivity index (χ0) is 12.7. The molecule has 2 fully saturated rings. The third kappa shape index (κ3) is 1.89. The number of anilines is 1. The Hall–Kier alpha value is -1.59. The molecule has 2 aliphatic rings. The van der Waals surface area contributed by atoms with E-state index in [2.05, 4.69) is 9.88 Å². The molecule has 5 heteroatoms. The zero-order valence-corrected chi connectivity index (χ0v) is 10.7. The van der Waals surface area contributed by atoms with E-state index in [0.717, 1.165) is 37.0 Å². The molecule has 0 amide bonds. The highest BCUT2D eigenvalue weighted by molar-refractivity contribution is 5.74. The van der Waals surface area contributed by atoms with Gasteiger partial charge in [-0.25, -0.2) is 0 Å². The number of ether oxygens (including phenoxy) is 2. The molecule has 5 nitrogen and oxygen atoms in total. The predicted octanol–water partition coefficient (Wildman–Crippen LogP) is 2.17. The van der Waals surface area contributed by atoms with Gasteiger partial charge in [0.25, 0.3) is 6.01 Å². The van der Waals surface area contributed by atoms with Crippen LogP contribution in [0.1, 0.15) is 12.8 Å². The highest BCUT2D eigenvalue weighted by Crippen LogP contribution is 2.33. The molecule has 0 unspecified atom stereocenters. The van der Waals surface area contributed by atoms with Crippen molar-refractivity contribution in [3.8, 4) is 0 Å². The number of nitrogens with zero attached hydrogens (tertiary/aromatic N) is 2. The minimum atomic E-state index is -0.345. The molecule has 1 aromatic heterocycles. The van der Waals surface area contributed by atoms with E-state index in [9.17, 15) is 0 Å². The molecule has 2 aromatic rings. The van der Waals surface area contributed by atoms with E-state index < -0.39 is 0 Å². The summed E-state index contributed by atoms with van der Waals surface area (Å²) in [6.07, 6.45) is 1.73. The van der Waals surface area contributed by atoms with Gasteiger partial charge < -0.3 is 18.8 Å². The van der Waals surface area contributed by atoms with Gasteiger partial charge in [0.1, 0.15) is 5.52 Å². The van der Waals surface area contributed by atoms with E-state index in [1.165, 1.54) is 0 Å². The first-order valence-electron chi connectivity index (χ1n) is 6.73. The molecule has 19 heavy (non-hydrogen) atoms. The molecule has 1 spiro atoms. The van der Waals surface area contributed by atoms with Gasteiger partial charge in [0.15, 0.2) is 11.4 Å². The summed E-state index contributed by atoms with van der Waals surface area (Å²) >= 11 is 0. The number of benzene rings is 1. The molecule has 2 aliphatic heterocycles. The molecule has 0 radical (unpaired) electrons. The lowest BCUT2D eigenvalue weighted by Crippen LogP contribution is -2.45. The van der Waals surface area contributed by atoms with E-state index in [1.54, 1.807) is 0 Å². The molecule has 0 aliphatic carbocycles. The van der Waals surface area contributed by atoms with Crippen molar-refractivity contribution < 1.29 is 13.9 Å². The number of rotatable bonds is 1. The first-order chi connectivity index (χ1) is 9.35. The van der Waals surface area contributed by atoms with Crippen LogP contribution in [-0.2, 0) is 9.47 Å². The molecule has 0 bridgehead atoms. The molecular weight excluding hydrogens is 244 g/mol. The molecule has 0 N–H and O–H groups in total. The number of oxazole rings is 1. The lowest BCUT2D eigenvalue weighted by atomic mass is 10.0. The average Bonchev–Trinajstić information content (AvgIpc) is 3.06. The Morgan fingerprint density at radius 1 is 1.05 bits per heavy atom. The Bertz CT molecular complexity index is 546. The van der Waals surface area contributed by atoms with Crippen LogP contribution in [-0.4, -0.2) is 37.1 Å². The van der Waals surface area contributed by atoms with Crippen molar-refractivity contribution in [2.24, 2.45) is 0 Å². The number of aromatic nitrogens is 1. The van der Waals surface area contributed by atoms with Crippen LogP contribution in [0.25, 0.3) is 11.1 Å². The Kier molecular flexibility index (Phi) is 2.50. The summed E-state index contributed by atoms with van der Waals surface area (Å²) in [5, 5.41) is 0. The van der Waals surface area contributed by atoms with Crippen molar-refractivity contribution in [2.45, 2.75) is 18.6 Å². The second kappa shape index (κ2) is 4.21. The minimum Gasteiger partial charge on any atom is -0.423 e. The summed E-state index contributed by atoms with van der Waals surface area (Å²) in [5.41, 5.74) is 1.75. The predicted molar refractivity (Wildman–Crippen MR) is 70.1 cm³/mol. The first kappa shape index (κ1) is 11.3. The lowest BCUT2D eigenvalue weighted by Gasteiger charge is -2.36. The highest BCUT2D eigenvalue weighted by atomic mass is 16.7. The van der Waals surface area contributed by atoms with Crippen molar-refractivity contribution in [3.05, 3.63) is 24.3 Å². The van der Waals surface area contributed by atoms with Crippen LogP contribution in [0.3, 0.4) is 0 Å². The molecule has 2 saturated heterocycles. The fourth-order valence-corrected chi connectivity index (χ4v) is 2.82. The van der Waals surface area contributed by atoms with Crippen LogP contribution in [0, 0.1) is 0 Å². The Balaban J connectivity index is 1.54. The first-order valence-corrected chi connectivity index (χ1v) is 6.73. The molecular formula is C14H16N2O3. The van der Waals surface area contributed by atoms with Crippen LogP contribution in [0.5, 0.6) is 0 Å². The fourth-order valence-electron chi connectivity index (χ4n) is 2.82. The minimum absolute atomic E-state index is 0.345. The molecule has 1 aromatic carbocycles. The maximum atomic E-state index is 5.79. The van der Waals surface area contributed by atoms with E-state index >= 15 is 0 Å². The van der Waals surface area contributed by atoms with Gasteiger partial charge in [0, 0.05) is 25.9 Å². The third-order valence-electron chi connectivity index (χ3n) is 3.89. The number of hydrogen-bond acceptors (Lipinski definition) is 5. The SMILES string of the molecule is c1ccc2oc(N3CCC4(CC3)OCCO4)nc2c1. The van der Waals surface area contributed by atoms with E-state index in [-0.39, 0.29) is 5.79 Å². The maximum Gasteiger partial charge on any atom is 0.298 e. The molecule has 4 rings (SSSR count). The van der Waals surface area contributed by atoms with Gasteiger partial charge in [-0.05, 0) is 12.1 Å².